The lowest BCUT2D eigenvalue weighted by atomic mass is 9.76. The van der Waals surface area contributed by atoms with E-state index in [9.17, 15) is 4.79 Å². The molecule has 0 spiro atoms. The fraction of sp³-hybridized carbons (Fsp3) is 0.650. The van der Waals surface area contributed by atoms with Gasteiger partial charge in [-0.25, -0.2) is 0 Å². The van der Waals surface area contributed by atoms with E-state index in [0.717, 1.165) is 24.7 Å². The van der Waals surface area contributed by atoms with E-state index in [2.05, 4.69) is 52.0 Å². The smallest absolute Gasteiger partial charge is 0.462 e. The fourth-order valence-corrected chi connectivity index (χ4v) is 3.71. The Kier molecular flexibility index (Phi) is 5.00. The zero-order valence-corrected chi connectivity index (χ0v) is 16.0. The summed E-state index contributed by atoms with van der Waals surface area (Å²) < 4.78 is 17.8. The van der Waals surface area contributed by atoms with Crippen molar-refractivity contribution in [3.05, 3.63) is 29.8 Å². The maximum atomic E-state index is 11.4. The summed E-state index contributed by atoms with van der Waals surface area (Å²) in [5.74, 6) is 0.0933. The quantitative estimate of drug-likeness (QED) is 0.621. The molecule has 0 bridgehead atoms. The van der Waals surface area contributed by atoms with E-state index in [1.165, 1.54) is 18.9 Å². The maximum absolute atomic E-state index is 11.4. The molecule has 0 unspecified atom stereocenters. The van der Waals surface area contributed by atoms with Crippen LogP contribution in [0.15, 0.2) is 24.3 Å². The summed E-state index contributed by atoms with van der Waals surface area (Å²) in [7, 11) is -0.338. The fourth-order valence-electron chi connectivity index (χ4n) is 3.71. The predicted octanol–water partition coefficient (Wildman–Crippen LogP) is 3.58. The molecule has 1 saturated heterocycles. The van der Waals surface area contributed by atoms with Gasteiger partial charge in [0.1, 0.15) is 6.10 Å². The average molecular weight is 344 g/mol. The topological polar surface area (TPSA) is 44.8 Å². The molecule has 1 aromatic rings. The molecule has 3 rings (SSSR count). The van der Waals surface area contributed by atoms with Crippen LogP contribution in [0.1, 0.15) is 71.8 Å². The Morgan fingerprint density at radius 3 is 2.16 bits per heavy atom. The molecule has 2 fully saturated rings. The third-order valence-corrected chi connectivity index (χ3v) is 5.91. The lowest BCUT2D eigenvalue weighted by Crippen LogP contribution is -2.41. The van der Waals surface area contributed by atoms with Crippen LogP contribution in [0.5, 0.6) is 0 Å². The van der Waals surface area contributed by atoms with Crippen LogP contribution >= 0.6 is 0 Å². The Hall–Kier alpha value is -1.33. The van der Waals surface area contributed by atoms with E-state index >= 15 is 0 Å². The number of rotatable bonds is 3. The molecule has 1 aliphatic carbocycles. The molecule has 0 N–H and O–H groups in total. The number of hydrogen-bond acceptors (Lipinski definition) is 4. The number of carbonyl (C=O) groups is 1. The second kappa shape index (κ2) is 6.77. The van der Waals surface area contributed by atoms with Gasteiger partial charge in [-0.1, -0.05) is 30.7 Å². The molecule has 1 saturated carbocycles. The van der Waals surface area contributed by atoms with Gasteiger partial charge in [0.25, 0.3) is 0 Å². The van der Waals surface area contributed by atoms with Crippen molar-refractivity contribution < 1.29 is 18.8 Å². The third kappa shape index (κ3) is 3.77. The largest absolute Gasteiger partial charge is 0.494 e. The SMILES string of the molecule is CC(=O)O[C@@H]1CCCC[C@H]1c1ccc(B2OC(C)(C)C(C)(C)O2)cc1. The van der Waals surface area contributed by atoms with Crippen LogP contribution < -0.4 is 5.46 Å². The molecule has 1 aromatic carbocycles. The van der Waals surface area contributed by atoms with Crippen molar-refractivity contribution in [3.8, 4) is 0 Å². The Labute approximate surface area is 151 Å². The Bertz CT molecular complexity index is 607. The minimum absolute atomic E-state index is 0.00560. The van der Waals surface area contributed by atoms with Gasteiger partial charge in [-0.15, -0.1) is 0 Å². The van der Waals surface area contributed by atoms with Crippen molar-refractivity contribution in [3.63, 3.8) is 0 Å². The van der Waals surface area contributed by atoms with Gasteiger partial charge in [-0.3, -0.25) is 4.79 Å². The number of hydrogen-bond donors (Lipinski definition) is 0. The molecular formula is C20H29BO4. The van der Waals surface area contributed by atoms with Crippen LogP contribution in [0.25, 0.3) is 0 Å². The lowest BCUT2D eigenvalue weighted by Gasteiger charge is -2.32. The van der Waals surface area contributed by atoms with Crippen LogP contribution in [-0.4, -0.2) is 30.4 Å². The monoisotopic (exact) mass is 344 g/mol. The molecule has 2 atom stereocenters. The van der Waals surface area contributed by atoms with Crippen molar-refractivity contribution in [1.29, 1.82) is 0 Å². The van der Waals surface area contributed by atoms with Crippen LogP contribution in [-0.2, 0) is 18.8 Å². The van der Waals surface area contributed by atoms with Crippen LogP contribution in [0.3, 0.4) is 0 Å². The highest BCUT2D eigenvalue weighted by Crippen LogP contribution is 2.37. The minimum Gasteiger partial charge on any atom is -0.462 e. The molecule has 2 aliphatic rings. The number of ether oxygens (including phenoxy) is 1. The lowest BCUT2D eigenvalue weighted by molar-refractivity contribution is -0.148. The van der Waals surface area contributed by atoms with Gasteiger partial charge in [0, 0.05) is 12.8 Å². The molecule has 1 aliphatic heterocycles. The first-order valence-electron chi connectivity index (χ1n) is 9.32. The normalized spacial score (nSPS) is 28.0. The molecule has 136 valence electrons. The molecular weight excluding hydrogens is 315 g/mol. The van der Waals surface area contributed by atoms with Gasteiger partial charge in [0.2, 0.25) is 0 Å². The second-order valence-corrected chi connectivity index (χ2v) is 8.29. The summed E-state index contributed by atoms with van der Waals surface area (Å²) in [5, 5.41) is 0. The Morgan fingerprint density at radius 1 is 1.04 bits per heavy atom. The molecule has 0 amide bonds. The van der Waals surface area contributed by atoms with Crippen molar-refractivity contribution >= 4 is 18.6 Å². The molecule has 25 heavy (non-hydrogen) atoms. The first-order chi connectivity index (χ1) is 11.7. The van der Waals surface area contributed by atoms with Crippen LogP contribution in [0, 0.1) is 0 Å². The first kappa shape index (κ1) is 18.5. The van der Waals surface area contributed by atoms with Crippen molar-refractivity contribution in [2.45, 2.75) is 83.5 Å². The number of benzene rings is 1. The van der Waals surface area contributed by atoms with Gasteiger partial charge in [-0.2, -0.15) is 0 Å². The summed E-state index contributed by atoms with van der Waals surface area (Å²) in [6, 6.07) is 8.42. The van der Waals surface area contributed by atoms with Gasteiger partial charge in [0.15, 0.2) is 0 Å². The second-order valence-electron chi connectivity index (χ2n) is 8.29. The number of carbonyl (C=O) groups excluding carboxylic acids is 1. The van der Waals surface area contributed by atoms with Gasteiger partial charge < -0.3 is 14.0 Å². The van der Waals surface area contributed by atoms with E-state index in [1.54, 1.807) is 0 Å². The molecule has 5 heteroatoms. The van der Waals surface area contributed by atoms with E-state index in [-0.39, 0.29) is 36.3 Å². The zero-order chi connectivity index (χ0) is 18.2. The third-order valence-electron chi connectivity index (χ3n) is 5.91. The van der Waals surface area contributed by atoms with Crippen LogP contribution in [0.4, 0.5) is 0 Å². The Balaban J connectivity index is 1.75. The van der Waals surface area contributed by atoms with Crippen molar-refractivity contribution in [2.75, 3.05) is 0 Å². The minimum atomic E-state index is -0.338. The standard InChI is InChI=1S/C20H29BO4/c1-14(22)23-18-9-7-6-8-17(18)15-10-12-16(13-11-15)21-24-19(2,3)20(4,5)25-21/h10-13,17-18H,6-9H2,1-5H3/t17-,18+/m0/s1. The zero-order valence-electron chi connectivity index (χ0n) is 16.0. The summed E-state index contributed by atoms with van der Waals surface area (Å²) in [4.78, 5) is 11.4. The highest BCUT2D eigenvalue weighted by molar-refractivity contribution is 6.62. The molecule has 4 nitrogen and oxygen atoms in total. The molecule has 0 radical (unpaired) electrons. The number of esters is 1. The van der Waals surface area contributed by atoms with E-state index in [1.807, 2.05) is 0 Å². The summed E-state index contributed by atoms with van der Waals surface area (Å²) >= 11 is 0. The highest BCUT2D eigenvalue weighted by atomic mass is 16.7. The Morgan fingerprint density at radius 2 is 1.60 bits per heavy atom. The maximum Gasteiger partial charge on any atom is 0.494 e. The first-order valence-corrected chi connectivity index (χ1v) is 9.32. The average Bonchev–Trinajstić information content (AvgIpc) is 2.76. The van der Waals surface area contributed by atoms with Crippen molar-refractivity contribution in [2.24, 2.45) is 0 Å². The molecule has 1 heterocycles. The predicted molar refractivity (Wildman–Crippen MR) is 98.9 cm³/mol. The van der Waals surface area contributed by atoms with Crippen molar-refractivity contribution in [1.82, 2.24) is 0 Å². The summed E-state index contributed by atoms with van der Waals surface area (Å²) in [6.07, 6.45) is 4.31. The summed E-state index contributed by atoms with van der Waals surface area (Å²) in [5.41, 5.74) is 1.59. The van der Waals surface area contributed by atoms with E-state index in [4.69, 9.17) is 14.0 Å². The van der Waals surface area contributed by atoms with Gasteiger partial charge in [0.05, 0.1) is 11.2 Å². The van der Waals surface area contributed by atoms with E-state index in [0.29, 0.717) is 0 Å². The highest BCUT2D eigenvalue weighted by Gasteiger charge is 2.51. The van der Waals surface area contributed by atoms with Gasteiger partial charge in [-0.05, 0) is 58.0 Å². The van der Waals surface area contributed by atoms with Gasteiger partial charge >= 0.3 is 13.1 Å². The molecule has 0 aromatic heterocycles. The van der Waals surface area contributed by atoms with Crippen LogP contribution in [0.2, 0.25) is 0 Å². The van der Waals surface area contributed by atoms with E-state index < -0.39 is 0 Å². The summed E-state index contributed by atoms with van der Waals surface area (Å²) in [6.45, 7) is 9.74.